The minimum Gasteiger partial charge on any atom is -0.463 e. The molecule has 2 N–H and O–H groups in total. The molecule has 4 nitrogen and oxygen atoms in total. The molecule has 5 heteroatoms. The van der Waals surface area contributed by atoms with E-state index in [9.17, 15) is 4.79 Å². The summed E-state index contributed by atoms with van der Waals surface area (Å²) in [5.74, 6) is 2.71. The van der Waals surface area contributed by atoms with Crippen molar-refractivity contribution in [1.29, 1.82) is 0 Å². The number of carbonyl (C=O) groups is 1. The van der Waals surface area contributed by atoms with Gasteiger partial charge in [-0.05, 0) is 43.0 Å². The Bertz CT molecular complexity index is 622. The molecular weight excluding hydrogens is 284 g/mol. The molecule has 0 spiro atoms. The summed E-state index contributed by atoms with van der Waals surface area (Å²) in [5.41, 5.74) is 2.82. The molecule has 0 atom stereocenters. The molecule has 0 aliphatic rings. The van der Waals surface area contributed by atoms with E-state index in [1.54, 1.807) is 11.8 Å². The first-order valence-corrected chi connectivity index (χ1v) is 8.16. The van der Waals surface area contributed by atoms with Gasteiger partial charge in [0, 0.05) is 18.3 Å². The van der Waals surface area contributed by atoms with Crippen LogP contribution in [0.15, 0.2) is 34.7 Å². The van der Waals surface area contributed by atoms with E-state index in [0.717, 1.165) is 34.2 Å². The highest BCUT2D eigenvalue weighted by atomic mass is 32.2. The molecule has 0 aliphatic carbocycles. The summed E-state index contributed by atoms with van der Waals surface area (Å²) in [6.45, 7) is 4.10. The fourth-order valence-corrected chi connectivity index (χ4v) is 2.42. The highest BCUT2D eigenvalue weighted by Crippen LogP contribution is 2.21. The van der Waals surface area contributed by atoms with Crippen molar-refractivity contribution in [2.75, 3.05) is 16.9 Å². The van der Waals surface area contributed by atoms with Gasteiger partial charge in [-0.25, -0.2) is 0 Å². The third kappa shape index (κ3) is 4.56. The molecule has 1 aromatic heterocycles. The molecule has 1 aromatic carbocycles. The molecule has 0 unspecified atom stereocenters. The van der Waals surface area contributed by atoms with Crippen LogP contribution in [0.5, 0.6) is 0 Å². The molecule has 0 aliphatic heterocycles. The van der Waals surface area contributed by atoms with Gasteiger partial charge in [0.2, 0.25) is 5.91 Å². The number of nitrogens with one attached hydrogen (secondary N) is 2. The summed E-state index contributed by atoms with van der Waals surface area (Å²) < 4.78 is 5.71. The smallest absolute Gasteiger partial charge is 0.221 e. The van der Waals surface area contributed by atoms with E-state index in [-0.39, 0.29) is 5.91 Å². The molecule has 2 rings (SSSR count). The van der Waals surface area contributed by atoms with Crippen LogP contribution < -0.4 is 10.6 Å². The Labute approximate surface area is 129 Å². The number of benzene rings is 1. The molecule has 1 heterocycles. The molecule has 2 aromatic rings. The number of thioether (sulfide) groups is 1. The van der Waals surface area contributed by atoms with E-state index in [1.807, 2.05) is 37.3 Å². The maximum Gasteiger partial charge on any atom is 0.221 e. The number of anilines is 2. The summed E-state index contributed by atoms with van der Waals surface area (Å²) >= 11 is 1.74. The number of amides is 1. The molecule has 0 fully saturated rings. The first-order chi connectivity index (χ1) is 10.1. The van der Waals surface area contributed by atoms with E-state index in [2.05, 4.69) is 16.9 Å². The van der Waals surface area contributed by atoms with Crippen molar-refractivity contribution < 1.29 is 9.21 Å². The van der Waals surface area contributed by atoms with Crippen molar-refractivity contribution in [1.82, 2.24) is 0 Å². The zero-order valence-electron chi connectivity index (χ0n) is 12.5. The van der Waals surface area contributed by atoms with Gasteiger partial charge in [0.15, 0.2) is 0 Å². The minimum atomic E-state index is -0.0667. The average Bonchev–Trinajstić information content (AvgIpc) is 2.87. The number of rotatable bonds is 6. The fraction of sp³-hybridized carbons (Fsp3) is 0.312. The Morgan fingerprint density at radius 2 is 2.00 bits per heavy atom. The Kier molecular flexibility index (Phi) is 5.33. The third-order valence-corrected chi connectivity index (χ3v) is 3.59. The van der Waals surface area contributed by atoms with Gasteiger partial charge in [0.05, 0.1) is 12.3 Å². The number of hydrogen-bond acceptors (Lipinski definition) is 4. The van der Waals surface area contributed by atoms with Crippen LogP contribution in [0.3, 0.4) is 0 Å². The highest BCUT2D eigenvalue weighted by molar-refractivity contribution is 7.97. The summed E-state index contributed by atoms with van der Waals surface area (Å²) in [7, 11) is 0. The topological polar surface area (TPSA) is 54.3 Å². The quantitative estimate of drug-likeness (QED) is 0.846. The standard InChI is InChI=1S/C16H20N2O2S/c1-11-4-5-13(8-16(11)18-12(2)19)17-9-14-6-7-15(20-14)10-21-3/h4-8,17H,9-10H2,1-3H3,(H,18,19). The largest absolute Gasteiger partial charge is 0.463 e. The number of carbonyl (C=O) groups excluding carboxylic acids is 1. The molecule has 112 valence electrons. The lowest BCUT2D eigenvalue weighted by Crippen LogP contribution is -2.08. The van der Waals surface area contributed by atoms with E-state index in [4.69, 9.17) is 4.42 Å². The van der Waals surface area contributed by atoms with Crippen LogP contribution in [-0.4, -0.2) is 12.2 Å². The van der Waals surface area contributed by atoms with Crippen LogP contribution in [-0.2, 0) is 17.1 Å². The number of furan rings is 1. The first-order valence-electron chi connectivity index (χ1n) is 6.77. The normalized spacial score (nSPS) is 10.4. The maximum atomic E-state index is 11.2. The van der Waals surface area contributed by atoms with Crippen LogP contribution in [0.25, 0.3) is 0 Å². The van der Waals surface area contributed by atoms with E-state index >= 15 is 0 Å². The van der Waals surface area contributed by atoms with Crippen LogP contribution in [0.2, 0.25) is 0 Å². The van der Waals surface area contributed by atoms with Crippen molar-refractivity contribution >= 4 is 29.0 Å². The predicted molar refractivity (Wildman–Crippen MR) is 88.7 cm³/mol. The molecule has 0 saturated carbocycles. The molecule has 0 saturated heterocycles. The fourth-order valence-electron chi connectivity index (χ4n) is 1.98. The molecule has 21 heavy (non-hydrogen) atoms. The molecular formula is C16H20N2O2S. The zero-order valence-corrected chi connectivity index (χ0v) is 13.3. The zero-order chi connectivity index (χ0) is 15.2. The lowest BCUT2D eigenvalue weighted by atomic mass is 10.1. The average molecular weight is 304 g/mol. The van der Waals surface area contributed by atoms with Gasteiger partial charge in [-0.2, -0.15) is 11.8 Å². The van der Waals surface area contributed by atoms with Crippen LogP contribution >= 0.6 is 11.8 Å². The van der Waals surface area contributed by atoms with E-state index < -0.39 is 0 Å². The maximum absolute atomic E-state index is 11.2. The van der Waals surface area contributed by atoms with Crippen molar-refractivity contribution in [3.05, 3.63) is 47.4 Å². The van der Waals surface area contributed by atoms with E-state index in [1.165, 1.54) is 6.92 Å². The SMILES string of the molecule is CSCc1ccc(CNc2ccc(C)c(NC(C)=O)c2)o1. The second kappa shape index (κ2) is 7.22. The van der Waals surface area contributed by atoms with Gasteiger partial charge < -0.3 is 15.1 Å². The summed E-state index contributed by atoms with van der Waals surface area (Å²) in [4.78, 5) is 11.2. The van der Waals surface area contributed by atoms with Gasteiger partial charge in [-0.15, -0.1) is 0 Å². The van der Waals surface area contributed by atoms with Gasteiger partial charge in [0.25, 0.3) is 0 Å². The Hall–Kier alpha value is -1.88. The second-order valence-corrected chi connectivity index (χ2v) is 5.73. The van der Waals surface area contributed by atoms with Crippen molar-refractivity contribution in [2.45, 2.75) is 26.1 Å². The summed E-state index contributed by atoms with van der Waals surface area (Å²) in [6, 6.07) is 9.90. The second-order valence-electron chi connectivity index (χ2n) is 4.87. The Morgan fingerprint density at radius 1 is 1.24 bits per heavy atom. The lowest BCUT2D eigenvalue weighted by molar-refractivity contribution is -0.114. The van der Waals surface area contributed by atoms with Crippen LogP contribution in [0.1, 0.15) is 24.0 Å². The van der Waals surface area contributed by atoms with Gasteiger partial charge in [-0.3, -0.25) is 4.79 Å². The Balaban J connectivity index is 2.00. The third-order valence-electron chi connectivity index (χ3n) is 3.02. The molecule has 1 amide bonds. The summed E-state index contributed by atoms with van der Waals surface area (Å²) in [5, 5.41) is 6.13. The van der Waals surface area contributed by atoms with E-state index in [0.29, 0.717) is 6.54 Å². The minimum absolute atomic E-state index is 0.0667. The number of hydrogen-bond donors (Lipinski definition) is 2. The van der Waals surface area contributed by atoms with Crippen molar-refractivity contribution in [3.63, 3.8) is 0 Å². The van der Waals surface area contributed by atoms with Crippen LogP contribution in [0, 0.1) is 6.92 Å². The predicted octanol–water partition coefficient (Wildman–Crippen LogP) is 4.02. The van der Waals surface area contributed by atoms with Crippen LogP contribution in [0.4, 0.5) is 11.4 Å². The molecule has 0 radical (unpaired) electrons. The van der Waals surface area contributed by atoms with Gasteiger partial charge in [0.1, 0.15) is 11.5 Å². The van der Waals surface area contributed by atoms with Gasteiger partial charge in [-0.1, -0.05) is 6.07 Å². The monoisotopic (exact) mass is 304 g/mol. The lowest BCUT2D eigenvalue weighted by Gasteiger charge is -2.10. The van der Waals surface area contributed by atoms with Crippen molar-refractivity contribution in [2.24, 2.45) is 0 Å². The Morgan fingerprint density at radius 3 is 2.71 bits per heavy atom. The highest BCUT2D eigenvalue weighted by Gasteiger charge is 2.04. The number of aryl methyl sites for hydroxylation is 1. The van der Waals surface area contributed by atoms with Crippen molar-refractivity contribution in [3.8, 4) is 0 Å². The molecule has 0 bridgehead atoms. The first kappa shape index (κ1) is 15.5. The summed E-state index contributed by atoms with van der Waals surface area (Å²) in [6.07, 6.45) is 2.05. The van der Waals surface area contributed by atoms with Gasteiger partial charge >= 0.3 is 0 Å².